The molecule has 0 fully saturated rings. The second kappa shape index (κ2) is 4.48. The van der Waals surface area contributed by atoms with Gasteiger partial charge < -0.3 is 5.73 Å². The van der Waals surface area contributed by atoms with Crippen LogP contribution < -0.4 is 5.73 Å². The first-order chi connectivity index (χ1) is 8.66. The minimum atomic E-state index is 0.596. The maximum Gasteiger partial charge on any atom is 0.149 e. The van der Waals surface area contributed by atoms with Crippen molar-refractivity contribution in [3.8, 4) is 5.69 Å². The summed E-state index contributed by atoms with van der Waals surface area (Å²) in [5.74, 6) is 0.621. The fraction of sp³-hybridized carbons (Fsp3) is 0.308. The standard InChI is InChI=1S/C13H13Cl2N3/c14-8-5-6-12(10(15)7-8)18-11-4-2-1-3-9(11)13(16)17-18/h5-7H,1-4H2,(H2,16,17). The highest BCUT2D eigenvalue weighted by atomic mass is 35.5. The van der Waals surface area contributed by atoms with Crippen LogP contribution in [0.3, 0.4) is 0 Å². The van der Waals surface area contributed by atoms with Crippen LogP contribution in [0.4, 0.5) is 5.82 Å². The molecule has 5 heteroatoms. The predicted octanol–water partition coefficient (Wildman–Crippen LogP) is 3.64. The van der Waals surface area contributed by atoms with Gasteiger partial charge in [-0.15, -0.1) is 0 Å². The Bertz CT molecular complexity index is 605. The minimum absolute atomic E-state index is 0.596. The third-order valence-electron chi connectivity index (χ3n) is 3.35. The van der Waals surface area contributed by atoms with E-state index in [1.54, 1.807) is 6.07 Å². The first-order valence-corrected chi connectivity index (χ1v) is 6.74. The van der Waals surface area contributed by atoms with Crippen molar-refractivity contribution in [3.05, 3.63) is 39.5 Å². The average molecular weight is 282 g/mol. The molecule has 1 heterocycles. The van der Waals surface area contributed by atoms with Gasteiger partial charge in [0.15, 0.2) is 0 Å². The van der Waals surface area contributed by atoms with Gasteiger partial charge in [-0.3, -0.25) is 0 Å². The van der Waals surface area contributed by atoms with Gasteiger partial charge in [-0.2, -0.15) is 5.10 Å². The first kappa shape index (κ1) is 11.9. The van der Waals surface area contributed by atoms with Crippen LogP contribution in [-0.2, 0) is 12.8 Å². The molecule has 3 nitrogen and oxygen atoms in total. The molecular weight excluding hydrogens is 269 g/mol. The van der Waals surface area contributed by atoms with Crippen molar-refractivity contribution >= 4 is 29.0 Å². The Hall–Kier alpha value is -1.19. The molecule has 2 N–H and O–H groups in total. The Kier molecular flexibility index (Phi) is 2.96. The maximum atomic E-state index is 6.23. The SMILES string of the molecule is Nc1nn(-c2ccc(Cl)cc2Cl)c2c1CCCC2. The largest absolute Gasteiger partial charge is 0.382 e. The van der Waals surface area contributed by atoms with Gasteiger partial charge in [-0.1, -0.05) is 23.2 Å². The van der Waals surface area contributed by atoms with Crippen LogP contribution >= 0.6 is 23.2 Å². The molecule has 0 aliphatic heterocycles. The lowest BCUT2D eigenvalue weighted by Crippen LogP contribution is -2.08. The molecule has 0 unspecified atom stereocenters. The van der Waals surface area contributed by atoms with Crippen LogP contribution in [0.25, 0.3) is 5.69 Å². The summed E-state index contributed by atoms with van der Waals surface area (Å²) in [5, 5.41) is 5.64. The molecule has 18 heavy (non-hydrogen) atoms. The number of hydrogen-bond donors (Lipinski definition) is 1. The average Bonchev–Trinajstić information content (AvgIpc) is 2.68. The highest BCUT2D eigenvalue weighted by Gasteiger charge is 2.21. The second-order valence-corrected chi connectivity index (χ2v) is 5.37. The van der Waals surface area contributed by atoms with Crippen molar-refractivity contribution in [1.29, 1.82) is 0 Å². The van der Waals surface area contributed by atoms with Crippen LogP contribution in [-0.4, -0.2) is 9.78 Å². The van der Waals surface area contributed by atoms with Crippen LogP contribution in [0, 0.1) is 0 Å². The number of rotatable bonds is 1. The van der Waals surface area contributed by atoms with Crippen molar-refractivity contribution in [2.24, 2.45) is 0 Å². The zero-order valence-corrected chi connectivity index (χ0v) is 11.3. The molecule has 1 aliphatic rings. The fourth-order valence-corrected chi connectivity index (χ4v) is 2.97. The summed E-state index contributed by atoms with van der Waals surface area (Å²) in [6.45, 7) is 0. The lowest BCUT2D eigenvalue weighted by Gasteiger charge is -2.14. The molecule has 1 aromatic carbocycles. The Morgan fingerprint density at radius 1 is 1.17 bits per heavy atom. The van der Waals surface area contributed by atoms with Crippen LogP contribution in [0.2, 0.25) is 10.0 Å². The summed E-state index contributed by atoms with van der Waals surface area (Å²) in [6.07, 6.45) is 4.35. The van der Waals surface area contributed by atoms with E-state index in [2.05, 4.69) is 5.10 Å². The van der Waals surface area contributed by atoms with Crippen LogP contribution in [0.5, 0.6) is 0 Å². The van der Waals surface area contributed by atoms with Gasteiger partial charge in [0.05, 0.1) is 10.7 Å². The fourth-order valence-electron chi connectivity index (χ4n) is 2.48. The molecule has 0 bridgehead atoms. The molecule has 1 aliphatic carbocycles. The summed E-state index contributed by atoms with van der Waals surface area (Å²) in [7, 11) is 0. The van der Waals surface area contributed by atoms with E-state index in [-0.39, 0.29) is 0 Å². The summed E-state index contributed by atoms with van der Waals surface area (Å²) >= 11 is 12.1. The Labute approximate surface area is 115 Å². The number of nitrogen functional groups attached to an aromatic ring is 1. The number of nitrogens with two attached hydrogens (primary N) is 1. The first-order valence-electron chi connectivity index (χ1n) is 5.98. The molecule has 0 saturated carbocycles. The van der Waals surface area contributed by atoms with Gasteiger partial charge in [-0.05, 0) is 43.9 Å². The maximum absolute atomic E-state index is 6.23. The normalized spacial score (nSPS) is 14.6. The molecule has 0 radical (unpaired) electrons. The number of halogens is 2. The summed E-state index contributed by atoms with van der Waals surface area (Å²) in [5.41, 5.74) is 9.18. The number of fused-ring (bicyclic) bond motifs is 1. The number of anilines is 1. The summed E-state index contributed by atoms with van der Waals surface area (Å²) in [4.78, 5) is 0. The monoisotopic (exact) mass is 281 g/mol. The molecule has 3 rings (SSSR count). The molecule has 0 saturated heterocycles. The van der Waals surface area contributed by atoms with Crippen molar-refractivity contribution in [3.63, 3.8) is 0 Å². The van der Waals surface area contributed by atoms with Gasteiger partial charge in [0.2, 0.25) is 0 Å². The topological polar surface area (TPSA) is 43.8 Å². The zero-order chi connectivity index (χ0) is 12.7. The van der Waals surface area contributed by atoms with Gasteiger partial charge in [-0.25, -0.2) is 4.68 Å². The second-order valence-electron chi connectivity index (χ2n) is 4.53. The van der Waals surface area contributed by atoms with Crippen molar-refractivity contribution < 1.29 is 0 Å². The molecule has 0 atom stereocenters. The van der Waals surface area contributed by atoms with Gasteiger partial charge >= 0.3 is 0 Å². The smallest absolute Gasteiger partial charge is 0.149 e. The van der Waals surface area contributed by atoms with Crippen molar-refractivity contribution in [1.82, 2.24) is 9.78 Å². The molecular formula is C13H13Cl2N3. The van der Waals surface area contributed by atoms with E-state index in [0.717, 1.165) is 18.5 Å². The highest BCUT2D eigenvalue weighted by Crippen LogP contribution is 2.31. The highest BCUT2D eigenvalue weighted by molar-refractivity contribution is 6.35. The lowest BCUT2D eigenvalue weighted by atomic mass is 9.97. The van der Waals surface area contributed by atoms with E-state index in [1.165, 1.54) is 24.1 Å². The number of aromatic nitrogens is 2. The van der Waals surface area contributed by atoms with E-state index in [0.29, 0.717) is 15.9 Å². The Morgan fingerprint density at radius 2 is 1.94 bits per heavy atom. The summed E-state index contributed by atoms with van der Waals surface area (Å²) in [6, 6.07) is 5.42. The van der Waals surface area contributed by atoms with E-state index in [4.69, 9.17) is 28.9 Å². The van der Waals surface area contributed by atoms with E-state index >= 15 is 0 Å². The van der Waals surface area contributed by atoms with Gasteiger partial charge in [0.1, 0.15) is 5.82 Å². The molecule has 0 amide bonds. The zero-order valence-electron chi connectivity index (χ0n) is 9.79. The van der Waals surface area contributed by atoms with E-state index in [9.17, 15) is 0 Å². The number of hydrogen-bond acceptors (Lipinski definition) is 2. The third kappa shape index (κ3) is 1.88. The Morgan fingerprint density at radius 3 is 2.72 bits per heavy atom. The quantitative estimate of drug-likeness (QED) is 0.867. The van der Waals surface area contributed by atoms with Gasteiger partial charge in [0.25, 0.3) is 0 Å². The molecule has 2 aromatic rings. The van der Waals surface area contributed by atoms with Gasteiger partial charge in [0, 0.05) is 16.3 Å². The molecule has 1 aromatic heterocycles. The third-order valence-corrected chi connectivity index (χ3v) is 3.89. The minimum Gasteiger partial charge on any atom is -0.382 e. The number of benzene rings is 1. The van der Waals surface area contributed by atoms with Crippen LogP contribution in [0.15, 0.2) is 18.2 Å². The number of nitrogens with zero attached hydrogens (tertiary/aromatic N) is 2. The Balaban J connectivity index is 2.17. The lowest BCUT2D eigenvalue weighted by molar-refractivity contribution is 0.653. The summed E-state index contributed by atoms with van der Waals surface area (Å²) < 4.78 is 1.86. The van der Waals surface area contributed by atoms with Crippen molar-refractivity contribution in [2.45, 2.75) is 25.7 Å². The van der Waals surface area contributed by atoms with Crippen molar-refractivity contribution in [2.75, 3.05) is 5.73 Å². The molecule has 0 spiro atoms. The molecule has 94 valence electrons. The predicted molar refractivity (Wildman–Crippen MR) is 74.6 cm³/mol. The van der Waals surface area contributed by atoms with Crippen LogP contribution in [0.1, 0.15) is 24.1 Å². The van der Waals surface area contributed by atoms with E-state index in [1.807, 2.05) is 16.8 Å². The van der Waals surface area contributed by atoms with E-state index < -0.39 is 0 Å².